The standard InChI is InChI=1S/C11H12N4OS/c16-9-8(2-1-4-12-9)14-11-13-6-7-3-5-17-10(7)15-11/h3,5-6,8H,1-2,4H2,(H,12,16)(H,13,14,15). The first-order valence-corrected chi connectivity index (χ1v) is 6.45. The molecule has 0 bridgehead atoms. The molecule has 0 radical (unpaired) electrons. The predicted molar refractivity (Wildman–Crippen MR) is 67.1 cm³/mol. The third kappa shape index (κ3) is 2.08. The van der Waals surface area contributed by atoms with E-state index < -0.39 is 0 Å². The molecular weight excluding hydrogens is 236 g/mol. The normalized spacial score (nSPS) is 20.2. The van der Waals surface area contributed by atoms with Gasteiger partial charge in [0.2, 0.25) is 11.9 Å². The molecule has 0 spiro atoms. The number of amides is 1. The molecule has 0 aromatic carbocycles. The van der Waals surface area contributed by atoms with Crippen molar-refractivity contribution in [3.8, 4) is 0 Å². The number of hydrogen-bond acceptors (Lipinski definition) is 5. The molecule has 5 nitrogen and oxygen atoms in total. The van der Waals surface area contributed by atoms with Gasteiger partial charge in [-0.1, -0.05) is 0 Å². The molecule has 2 aromatic heterocycles. The van der Waals surface area contributed by atoms with Gasteiger partial charge in [-0.15, -0.1) is 11.3 Å². The van der Waals surface area contributed by atoms with Gasteiger partial charge in [0.25, 0.3) is 0 Å². The fourth-order valence-electron chi connectivity index (χ4n) is 1.89. The molecule has 1 aliphatic heterocycles. The maximum absolute atomic E-state index is 11.6. The first-order chi connectivity index (χ1) is 8.33. The van der Waals surface area contributed by atoms with Crippen LogP contribution >= 0.6 is 11.3 Å². The predicted octanol–water partition coefficient (Wildman–Crippen LogP) is 1.38. The van der Waals surface area contributed by atoms with Gasteiger partial charge in [-0.25, -0.2) is 9.97 Å². The molecule has 1 atom stereocenters. The van der Waals surface area contributed by atoms with Gasteiger partial charge < -0.3 is 10.6 Å². The number of hydrogen-bond donors (Lipinski definition) is 2. The fourth-order valence-corrected chi connectivity index (χ4v) is 2.63. The molecule has 17 heavy (non-hydrogen) atoms. The number of aromatic nitrogens is 2. The van der Waals surface area contributed by atoms with Crippen LogP contribution in [0, 0.1) is 0 Å². The molecule has 1 saturated heterocycles. The summed E-state index contributed by atoms with van der Waals surface area (Å²) in [5.74, 6) is 0.563. The smallest absolute Gasteiger partial charge is 0.242 e. The highest BCUT2D eigenvalue weighted by Crippen LogP contribution is 2.19. The van der Waals surface area contributed by atoms with E-state index in [1.807, 2.05) is 11.4 Å². The van der Waals surface area contributed by atoms with Gasteiger partial charge in [-0.05, 0) is 24.3 Å². The summed E-state index contributed by atoms with van der Waals surface area (Å²) in [5, 5.41) is 8.93. The van der Waals surface area contributed by atoms with E-state index in [2.05, 4.69) is 20.6 Å². The lowest BCUT2D eigenvalue weighted by Crippen LogP contribution is -2.44. The van der Waals surface area contributed by atoms with Crippen LogP contribution in [0.25, 0.3) is 10.2 Å². The number of carbonyl (C=O) groups is 1. The topological polar surface area (TPSA) is 66.9 Å². The number of piperidine rings is 1. The maximum atomic E-state index is 11.6. The van der Waals surface area contributed by atoms with Gasteiger partial charge in [-0.2, -0.15) is 0 Å². The van der Waals surface area contributed by atoms with Crippen LogP contribution in [0.2, 0.25) is 0 Å². The molecule has 3 heterocycles. The molecule has 6 heteroatoms. The summed E-state index contributed by atoms with van der Waals surface area (Å²) in [7, 11) is 0. The Morgan fingerprint density at radius 1 is 1.53 bits per heavy atom. The summed E-state index contributed by atoms with van der Waals surface area (Å²) in [5.41, 5.74) is 0. The second-order valence-electron chi connectivity index (χ2n) is 4.00. The van der Waals surface area contributed by atoms with Crippen LogP contribution in [0.3, 0.4) is 0 Å². The van der Waals surface area contributed by atoms with Gasteiger partial charge in [0.05, 0.1) is 0 Å². The van der Waals surface area contributed by atoms with Crippen LogP contribution in [-0.4, -0.2) is 28.5 Å². The Morgan fingerprint density at radius 3 is 3.35 bits per heavy atom. The van der Waals surface area contributed by atoms with E-state index in [0.29, 0.717) is 5.95 Å². The van der Waals surface area contributed by atoms with Crippen molar-refractivity contribution >= 4 is 33.4 Å². The first kappa shape index (κ1) is 10.5. The van der Waals surface area contributed by atoms with Crippen molar-refractivity contribution in [3.63, 3.8) is 0 Å². The highest BCUT2D eigenvalue weighted by molar-refractivity contribution is 7.16. The summed E-state index contributed by atoms with van der Waals surface area (Å²) in [6.07, 6.45) is 3.60. The lowest BCUT2D eigenvalue weighted by molar-refractivity contribution is -0.123. The van der Waals surface area contributed by atoms with E-state index in [1.54, 1.807) is 17.5 Å². The van der Waals surface area contributed by atoms with E-state index in [0.717, 1.165) is 29.6 Å². The Kier molecular flexibility index (Phi) is 2.64. The van der Waals surface area contributed by atoms with E-state index in [9.17, 15) is 4.79 Å². The minimum absolute atomic E-state index is 0.0335. The van der Waals surface area contributed by atoms with E-state index in [4.69, 9.17) is 0 Å². The van der Waals surface area contributed by atoms with Gasteiger partial charge in [-0.3, -0.25) is 4.79 Å². The zero-order valence-corrected chi connectivity index (χ0v) is 9.96. The first-order valence-electron chi connectivity index (χ1n) is 5.57. The summed E-state index contributed by atoms with van der Waals surface area (Å²) in [4.78, 5) is 21.1. The van der Waals surface area contributed by atoms with Gasteiger partial charge >= 0.3 is 0 Å². The summed E-state index contributed by atoms with van der Waals surface area (Å²) < 4.78 is 0. The highest BCUT2D eigenvalue weighted by atomic mass is 32.1. The second-order valence-corrected chi connectivity index (χ2v) is 4.90. The molecule has 0 saturated carbocycles. The number of anilines is 1. The number of thiophene rings is 1. The Hall–Kier alpha value is -1.69. The third-order valence-corrected chi connectivity index (χ3v) is 3.62. The van der Waals surface area contributed by atoms with E-state index >= 15 is 0 Å². The monoisotopic (exact) mass is 248 g/mol. The molecule has 2 aromatic rings. The van der Waals surface area contributed by atoms with Crippen LogP contribution in [0.4, 0.5) is 5.95 Å². The van der Waals surface area contributed by atoms with Crippen molar-refractivity contribution in [2.45, 2.75) is 18.9 Å². The SMILES string of the molecule is O=C1NCCCC1Nc1ncc2ccsc2n1. The largest absolute Gasteiger partial charge is 0.354 e. The Labute approximate surface area is 102 Å². The van der Waals surface area contributed by atoms with Crippen molar-refractivity contribution in [2.24, 2.45) is 0 Å². The van der Waals surface area contributed by atoms with Crippen LogP contribution in [0.15, 0.2) is 17.6 Å². The van der Waals surface area contributed by atoms with Gasteiger partial charge in [0.15, 0.2) is 0 Å². The van der Waals surface area contributed by atoms with E-state index in [1.165, 1.54) is 0 Å². The molecule has 1 amide bonds. The molecule has 88 valence electrons. The van der Waals surface area contributed by atoms with Crippen LogP contribution in [-0.2, 0) is 4.79 Å². The molecule has 0 aliphatic carbocycles. The summed E-state index contributed by atoms with van der Waals surface area (Å²) in [6, 6.07) is 1.78. The van der Waals surface area contributed by atoms with Crippen molar-refractivity contribution in [2.75, 3.05) is 11.9 Å². The Balaban J connectivity index is 1.81. The number of carbonyl (C=O) groups excluding carboxylic acids is 1. The van der Waals surface area contributed by atoms with Gasteiger partial charge in [0.1, 0.15) is 10.9 Å². The number of nitrogens with one attached hydrogen (secondary N) is 2. The van der Waals surface area contributed by atoms with E-state index in [-0.39, 0.29) is 11.9 Å². The second kappa shape index (κ2) is 4.29. The third-order valence-electron chi connectivity index (χ3n) is 2.80. The minimum atomic E-state index is -0.207. The summed E-state index contributed by atoms with van der Waals surface area (Å²) in [6.45, 7) is 0.766. The lowest BCUT2D eigenvalue weighted by atomic mass is 10.1. The highest BCUT2D eigenvalue weighted by Gasteiger charge is 2.22. The Morgan fingerprint density at radius 2 is 2.47 bits per heavy atom. The van der Waals surface area contributed by atoms with Crippen molar-refractivity contribution in [3.05, 3.63) is 17.6 Å². The lowest BCUT2D eigenvalue weighted by Gasteiger charge is -2.22. The molecular formula is C11H12N4OS. The molecule has 1 fully saturated rings. The molecule has 1 aliphatic rings. The quantitative estimate of drug-likeness (QED) is 0.842. The average Bonchev–Trinajstić information content (AvgIpc) is 2.79. The van der Waals surface area contributed by atoms with Crippen LogP contribution in [0.1, 0.15) is 12.8 Å². The number of rotatable bonds is 2. The zero-order chi connectivity index (χ0) is 11.7. The molecule has 2 N–H and O–H groups in total. The number of fused-ring (bicyclic) bond motifs is 1. The van der Waals surface area contributed by atoms with Gasteiger partial charge in [0, 0.05) is 18.1 Å². The van der Waals surface area contributed by atoms with Crippen LogP contribution in [0.5, 0.6) is 0 Å². The summed E-state index contributed by atoms with van der Waals surface area (Å²) >= 11 is 1.57. The Bertz CT molecular complexity index is 553. The zero-order valence-electron chi connectivity index (χ0n) is 9.14. The fraction of sp³-hybridized carbons (Fsp3) is 0.364. The minimum Gasteiger partial charge on any atom is -0.354 e. The maximum Gasteiger partial charge on any atom is 0.242 e. The molecule has 3 rings (SSSR count). The van der Waals surface area contributed by atoms with Crippen molar-refractivity contribution in [1.82, 2.24) is 15.3 Å². The van der Waals surface area contributed by atoms with Crippen molar-refractivity contribution < 1.29 is 4.79 Å². The van der Waals surface area contributed by atoms with Crippen LogP contribution < -0.4 is 10.6 Å². The average molecular weight is 248 g/mol. The van der Waals surface area contributed by atoms with Crippen molar-refractivity contribution in [1.29, 1.82) is 0 Å². The number of nitrogens with zero attached hydrogens (tertiary/aromatic N) is 2. The molecule has 1 unspecified atom stereocenters.